The smallest absolute Gasteiger partial charge is 0.321 e. The van der Waals surface area contributed by atoms with Gasteiger partial charge in [0.1, 0.15) is 6.04 Å². The maximum atomic E-state index is 12.0. The summed E-state index contributed by atoms with van der Waals surface area (Å²) >= 11 is 0. The fourth-order valence-corrected chi connectivity index (χ4v) is 2.52. The predicted molar refractivity (Wildman–Crippen MR) is 70.9 cm³/mol. The van der Waals surface area contributed by atoms with E-state index >= 15 is 0 Å². The largest absolute Gasteiger partial charge is 0.480 e. The van der Waals surface area contributed by atoms with Crippen LogP contribution in [0.1, 0.15) is 26.7 Å². The molecule has 0 bridgehead atoms. The molecule has 0 aromatic carbocycles. The fourth-order valence-electron chi connectivity index (χ4n) is 2.52. The van der Waals surface area contributed by atoms with Gasteiger partial charge in [0.05, 0.1) is 6.04 Å². The minimum Gasteiger partial charge on any atom is -0.480 e. The summed E-state index contributed by atoms with van der Waals surface area (Å²) in [4.78, 5) is 25.0. The van der Waals surface area contributed by atoms with Crippen molar-refractivity contribution < 1.29 is 19.4 Å². The van der Waals surface area contributed by atoms with E-state index in [-0.39, 0.29) is 11.8 Å². The molecule has 1 rings (SSSR count). The van der Waals surface area contributed by atoms with Crippen LogP contribution in [0.4, 0.5) is 0 Å². The summed E-state index contributed by atoms with van der Waals surface area (Å²) in [5, 5.41) is 12.1. The third-order valence-corrected chi connectivity index (χ3v) is 3.69. The van der Waals surface area contributed by atoms with Crippen LogP contribution in [0, 0.1) is 5.92 Å². The summed E-state index contributed by atoms with van der Waals surface area (Å²) in [5.41, 5.74) is 0. The van der Waals surface area contributed by atoms with Gasteiger partial charge in [0.15, 0.2) is 0 Å². The molecule has 6 heteroatoms. The van der Waals surface area contributed by atoms with Gasteiger partial charge in [-0.3, -0.25) is 14.5 Å². The molecule has 1 aliphatic rings. The molecule has 110 valence electrons. The molecule has 2 N–H and O–H groups in total. The molecule has 19 heavy (non-hydrogen) atoms. The third-order valence-electron chi connectivity index (χ3n) is 3.69. The maximum Gasteiger partial charge on any atom is 0.321 e. The quantitative estimate of drug-likeness (QED) is 0.653. The van der Waals surface area contributed by atoms with E-state index < -0.39 is 18.1 Å². The van der Waals surface area contributed by atoms with Gasteiger partial charge in [-0.2, -0.15) is 0 Å². The van der Waals surface area contributed by atoms with Crippen molar-refractivity contribution in [3.63, 3.8) is 0 Å². The number of methoxy groups -OCH3 is 1. The Bertz CT molecular complexity index is 322. The van der Waals surface area contributed by atoms with E-state index in [4.69, 9.17) is 4.74 Å². The number of carboxylic acids is 1. The first-order valence-electron chi connectivity index (χ1n) is 6.74. The molecule has 1 heterocycles. The van der Waals surface area contributed by atoms with Crippen LogP contribution < -0.4 is 5.32 Å². The van der Waals surface area contributed by atoms with Gasteiger partial charge in [0.2, 0.25) is 5.91 Å². The summed E-state index contributed by atoms with van der Waals surface area (Å²) in [5.74, 6) is -0.873. The Morgan fingerprint density at radius 2 is 2.21 bits per heavy atom. The standard InChI is InChI=1S/C13H24N2O4/c1-9-5-7-15(11(9)13(17)18)10(2)12(16)14-6-4-8-19-3/h9-11H,4-8H2,1-3H3,(H,14,16)(H,17,18). The zero-order valence-corrected chi connectivity index (χ0v) is 11.9. The van der Waals surface area contributed by atoms with Gasteiger partial charge in [-0.25, -0.2) is 0 Å². The third kappa shape index (κ3) is 4.18. The lowest BCUT2D eigenvalue weighted by atomic mass is 10.0. The van der Waals surface area contributed by atoms with Crippen LogP contribution in [0.3, 0.4) is 0 Å². The maximum absolute atomic E-state index is 12.0. The second-order valence-corrected chi connectivity index (χ2v) is 5.10. The fraction of sp³-hybridized carbons (Fsp3) is 0.846. The molecule has 0 spiro atoms. The molecule has 0 saturated carbocycles. The van der Waals surface area contributed by atoms with Gasteiger partial charge < -0.3 is 15.2 Å². The minimum absolute atomic E-state index is 0.0845. The van der Waals surface area contributed by atoms with Crippen molar-refractivity contribution in [2.24, 2.45) is 5.92 Å². The van der Waals surface area contributed by atoms with Crippen molar-refractivity contribution in [3.8, 4) is 0 Å². The Labute approximate surface area is 114 Å². The van der Waals surface area contributed by atoms with Gasteiger partial charge >= 0.3 is 5.97 Å². The van der Waals surface area contributed by atoms with Gasteiger partial charge in [-0.1, -0.05) is 6.92 Å². The minimum atomic E-state index is -0.843. The van der Waals surface area contributed by atoms with Crippen molar-refractivity contribution in [1.29, 1.82) is 0 Å². The average Bonchev–Trinajstić information content (AvgIpc) is 2.75. The molecule has 0 aromatic heterocycles. The van der Waals surface area contributed by atoms with Crippen LogP contribution in [0.15, 0.2) is 0 Å². The highest BCUT2D eigenvalue weighted by Crippen LogP contribution is 2.26. The topological polar surface area (TPSA) is 78.9 Å². The van der Waals surface area contributed by atoms with E-state index in [1.807, 2.05) is 6.92 Å². The van der Waals surface area contributed by atoms with Crippen molar-refractivity contribution in [2.75, 3.05) is 26.8 Å². The first-order valence-corrected chi connectivity index (χ1v) is 6.74. The molecule has 1 fully saturated rings. The SMILES string of the molecule is COCCCNC(=O)C(C)N1CCC(C)C1C(=O)O. The Balaban J connectivity index is 2.49. The molecule has 1 saturated heterocycles. The second-order valence-electron chi connectivity index (χ2n) is 5.10. The molecule has 1 aliphatic heterocycles. The summed E-state index contributed by atoms with van der Waals surface area (Å²) in [6.07, 6.45) is 1.58. The van der Waals surface area contributed by atoms with Crippen LogP contribution in [0.5, 0.6) is 0 Å². The predicted octanol–water partition coefficient (Wildman–Crippen LogP) is 0.323. The number of hydrogen-bond acceptors (Lipinski definition) is 4. The van der Waals surface area contributed by atoms with Crippen LogP contribution in [-0.4, -0.2) is 60.8 Å². The summed E-state index contributed by atoms with van der Waals surface area (Å²) in [6.45, 7) is 5.50. The molecule has 0 aromatic rings. The Morgan fingerprint density at radius 1 is 1.53 bits per heavy atom. The van der Waals surface area contributed by atoms with Crippen molar-refractivity contribution in [3.05, 3.63) is 0 Å². The summed E-state index contributed by atoms with van der Waals surface area (Å²) < 4.78 is 4.91. The number of rotatable bonds is 7. The number of nitrogens with zero attached hydrogens (tertiary/aromatic N) is 1. The average molecular weight is 272 g/mol. The lowest BCUT2D eigenvalue weighted by Gasteiger charge is -2.28. The van der Waals surface area contributed by atoms with Gasteiger partial charge in [-0.15, -0.1) is 0 Å². The van der Waals surface area contributed by atoms with Gasteiger partial charge in [0.25, 0.3) is 0 Å². The van der Waals surface area contributed by atoms with E-state index in [1.54, 1.807) is 18.9 Å². The van der Waals surface area contributed by atoms with E-state index in [2.05, 4.69) is 5.32 Å². The number of ether oxygens (including phenoxy) is 1. The number of hydrogen-bond donors (Lipinski definition) is 2. The highest BCUT2D eigenvalue weighted by atomic mass is 16.5. The Morgan fingerprint density at radius 3 is 2.79 bits per heavy atom. The number of carbonyl (C=O) groups is 2. The summed E-state index contributed by atoms with van der Waals surface area (Å²) in [7, 11) is 1.62. The number of likely N-dealkylation sites (tertiary alicyclic amines) is 1. The number of carboxylic acid groups (broad SMARTS) is 1. The van der Waals surface area contributed by atoms with E-state index in [9.17, 15) is 14.7 Å². The van der Waals surface area contributed by atoms with E-state index in [0.717, 1.165) is 12.8 Å². The number of carbonyl (C=O) groups excluding carboxylic acids is 1. The molecule has 3 unspecified atom stereocenters. The first kappa shape index (κ1) is 15.9. The molecule has 3 atom stereocenters. The van der Waals surface area contributed by atoms with Crippen molar-refractivity contribution in [2.45, 2.75) is 38.8 Å². The highest BCUT2D eigenvalue weighted by Gasteiger charge is 2.40. The second kappa shape index (κ2) is 7.45. The molecule has 1 amide bonds. The van der Waals surface area contributed by atoms with Crippen LogP contribution in [-0.2, 0) is 14.3 Å². The van der Waals surface area contributed by atoms with Crippen LogP contribution in [0.2, 0.25) is 0 Å². The lowest BCUT2D eigenvalue weighted by molar-refractivity contribution is -0.145. The monoisotopic (exact) mass is 272 g/mol. The Kier molecular flexibility index (Phi) is 6.24. The molecule has 0 aliphatic carbocycles. The highest BCUT2D eigenvalue weighted by molar-refractivity contribution is 5.83. The zero-order valence-electron chi connectivity index (χ0n) is 11.9. The zero-order chi connectivity index (χ0) is 14.4. The number of aliphatic carboxylic acids is 1. The first-order chi connectivity index (χ1) is 8.99. The number of nitrogens with one attached hydrogen (secondary N) is 1. The van der Waals surface area contributed by atoms with Gasteiger partial charge in [0, 0.05) is 26.8 Å². The summed E-state index contributed by atoms with van der Waals surface area (Å²) in [6, 6.07) is -0.965. The van der Waals surface area contributed by atoms with Crippen LogP contribution in [0.25, 0.3) is 0 Å². The van der Waals surface area contributed by atoms with Gasteiger partial charge in [-0.05, 0) is 25.7 Å². The number of amides is 1. The molecular weight excluding hydrogens is 248 g/mol. The molecular formula is C13H24N2O4. The van der Waals surface area contributed by atoms with E-state index in [1.165, 1.54) is 0 Å². The van der Waals surface area contributed by atoms with Crippen LogP contribution >= 0.6 is 0 Å². The van der Waals surface area contributed by atoms with Crippen molar-refractivity contribution in [1.82, 2.24) is 10.2 Å². The van der Waals surface area contributed by atoms with E-state index in [0.29, 0.717) is 19.7 Å². The van der Waals surface area contributed by atoms with Crippen molar-refractivity contribution >= 4 is 11.9 Å². The normalized spacial score (nSPS) is 25.2. The molecule has 0 radical (unpaired) electrons. The Hall–Kier alpha value is -1.14. The molecule has 6 nitrogen and oxygen atoms in total. The lowest BCUT2D eigenvalue weighted by Crippen LogP contribution is -2.50.